The van der Waals surface area contributed by atoms with E-state index in [0.717, 1.165) is 5.56 Å². The van der Waals surface area contributed by atoms with Crippen molar-refractivity contribution in [3.63, 3.8) is 0 Å². The van der Waals surface area contributed by atoms with Crippen molar-refractivity contribution in [2.45, 2.75) is 38.6 Å². The van der Waals surface area contributed by atoms with Gasteiger partial charge in [0.2, 0.25) is 5.91 Å². The maximum absolute atomic E-state index is 13.2. The van der Waals surface area contributed by atoms with Crippen LogP contribution >= 0.6 is 0 Å². The van der Waals surface area contributed by atoms with Gasteiger partial charge in [0.05, 0.1) is 36.9 Å². The zero-order valence-electron chi connectivity index (χ0n) is 21.3. The molecule has 4 rings (SSSR count). The first-order valence-electron chi connectivity index (χ1n) is 12.3. The second-order valence-corrected chi connectivity index (χ2v) is 9.48. The Balaban J connectivity index is 1.43. The molecule has 1 aliphatic rings. The van der Waals surface area contributed by atoms with Crippen molar-refractivity contribution in [1.82, 2.24) is 14.5 Å². The smallest absolute Gasteiger partial charge is 0.469 e. The van der Waals surface area contributed by atoms with Gasteiger partial charge < -0.3 is 18.9 Å². The summed E-state index contributed by atoms with van der Waals surface area (Å²) in [5.74, 6) is -1.03. The molecule has 0 atom stereocenters. The van der Waals surface area contributed by atoms with E-state index in [2.05, 4.69) is 15.8 Å². The molecule has 39 heavy (non-hydrogen) atoms. The highest BCUT2D eigenvalue weighted by Crippen LogP contribution is 2.39. The summed E-state index contributed by atoms with van der Waals surface area (Å²) in [5, 5.41) is 8.98. The van der Waals surface area contributed by atoms with Gasteiger partial charge in [-0.15, -0.1) is 13.2 Å². The van der Waals surface area contributed by atoms with E-state index < -0.39 is 17.7 Å². The summed E-state index contributed by atoms with van der Waals surface area (Å²) >= 11 is 0. The maximum Gasteiger partial charge on any atom is 0.573 e. The Bertz CT molecular complexity index is 1350. The number of benzene rings is 2. The molecule has 0 spiro atoms. The number of carbonyl (C=O) groups is 2. The molecule has 11 heteroatoms. The summed E-state index contributed by atoms with van der Waals surface area (Å²) < 4.78 is 49.8. The molecule has 0 saturated carbocycles. The van der Waals surface area contributed by atoms with Crippen LogP contribution in [0.3, 0.4) is 0 Å². The average molecular weight is 541 g/mol. The van der Waals surface area contributed by atoms with Crippen LogP contribution in [0.25, 0.3) is 0 Å². The predicted molar refractivity (Wildman–Crippen MR) is 133 cm³/mol. The van der Waals surface area contributed by atoms with E-state index in [4.69, 9.17) is 10.00 Å². The van der Waals surface area contributed by atoms with Gasteiger partial charge in [0.25, 0.3) is 0 Å². The Morgan fingerprint density at radius 1 is 1.10 bits per heavy atom. The number of nitriles is 1. The number of amides is 1. The lowest BCUT2D eigenvalue weighted by Gasteiger charge is -2.40. The molecule has 0 bridgehead atoms. The molecule has 2 aromatic carbocycles. The molecular formula is C28H27F3N4O4. The van der Waals surface area contributed by atoms with Gasteiger partial charge in [0.15, 0.2) is 0 Å². The lowest BCUT2D eigenvalue weighted by molar-refractivity contribution is -0.275. The number of para-hydroxylation sites is 1. The average Bonchev–Trinajstić information content (AvgIpc) is 3.35. The number of imidazole rings is 1. The van der Waals surface area contributed by atoms with Crippen LogP contribution in [0.1, 0.15) is 35.2 Å². The second-order valence-electron chi connectivity index (χ2n) is 9.48. The minimum Gasteiger partial charge on any atom is -0.469 e. The number of likely N-dealkylation sites (tertiary alicyclic amines) is 1. The number of rotatable bonds is 8. The van der Waals surface area contributed by atoms with Gasteiger partial charge in [-0.3, -0.25) is 9.59 Å². The number of alkyl halides is 3. The monoisotopic (exact) mass is 540 g/mol. The van der Waals surface area contributed by atoms with E-state index in [1.54, 1.807) is 35.6 Å². The largest absolute Gasteiger partial charge is 0.573 e. The number of methoxy groups -OCH3 is 1. The molecule has 1 aliphatic heterocycles. The van der Waals surface area contributed by atoms with E-state index in [1.165, 1.54) is 25.3 Å². The molecule has 0 unspecified atom stereocenters. The predicted octanol–water partition coefficient (Wildman–Crippen LogP) is 4.27. The van der Waals surface area contributed by atoms with Crippen molar-refractivity contribution in [3.8, 4) is 11.8 Å². The van der Waals surface area contributed by atoms with Crippen molar-refractivity contribution in [2.24, 2.45) is 5.41 Å². The van der Waals surface area contributed by atoms with Crippen molar-refractivity contribution in [2.75, 3.05) is 20.2 Å². The molecule has 0 aliphatic carbocycles. The van der Waals surface area contributed by atoms with Crippen LogP contribution in [0.2, 0.25) is 0 Å². The quantitative estimate of drug-likeness (QED) is 0.396. The van der Waals surface area contributed by atoms with Crippen molar-refractivity contribution >= 4 is 11.9 Å². The Morgan fingerprint density at radius 2 is 1.79 bits per heavy atom. The van der Waals surface area contributed by atoms with E-state index in [0.29, 0.717) is 17.8 Å². The molecule has 8 nitrogen and oxygen atoms in total. The van der Waals surface area contributed by atoms with E-state index in [-0.39, 0.29) is 56.0 Å². The number of hydrogen-bond acceptors (Lipinski definition) is 6. The summed E-state index contributed by atoms with van der Waals surface area (Å²) in [6, 6.07) is 15.0. The summed E-state index contributed by atoms with van der Waals surface area (Å²) in [6.45, 7) is 0.985. The minimum absolute atomic E-state index is 0.00861. The Kier molecular flexibility index (Phi) is 8.24. The Labute approximate surface area is 223 Å². The molecule has 1 aromatic heterocycles. The van der Waals surface area contributed by atoms with Gasteiger partial charge in [-0.25, -0.2) is 4.98 Å². The molecule has 1 fully saturated rings. The van der Waals surface area contributed by atoms with Crippen LogP contribution in [0, 0.1) is 16.7 Å². The number of ether oxygens (including phenoxy) is 2. The van der Waals surface area contributed by atoms with Crippen molar-refractivity contribution in [3.05, 3.63) is 83.4 Å². The molecule has 204 valence electrons. The van der Waals surface area contributed by atoms with Gasteiger partial charge in [0, 0.05) is 31.5 Å². The van der Waals surface area contributed by atoms with Crippen LogP contribution in [0.4, 0.5) is 13.2 Å². The van der Waals surface area contributed by atoms with Crippen LogP contribution in [-0.4, -0.2) is 52.9 Å². The molecule has 0 N–H and O–H groups in total. The SMILES string of the molecule is COC(=O)C1(Cc2ccccc2OC(F)(F)F)CCN(C(=O)Cc2cncn2Cc2ccc(C#N)cc2)CC1. The standard InChI is InChI=1S/C28H27F3N4O4/c1-38-26(37)27(15-22-4-2-3-5-24(22)39-28(29,30)31)10-12-34(13-11-27)25(36)14-23-17-33-19-35(23)18-21-8-6-20(16-32)7-9-21/h2-9,17,19H,10-15,18H2,1H3. The zero-order chi connectivity index (χ0) is 28.0. The van der Waals surface area contributed by atoms with Gasteiger partial charge in [-0.1, -0.05) is 30.3 Å². The first-order chi connectivity index (χ1) is 18.6. The van der Waals surface area contributed by atoms with Crippen molar-refractivity contribution in [1.29, 1.82) is 5.26 Å². The van der Waals surface area contributed by atoms with Crippen LogP contribution in [0.15, 0.2) is 61.1 Å². The third kappa shape index (κ3) is 6.76. The minimum atomic E-state index is -4.86. The number of esters is 1. The lowest BCUT2D eigenvalue weighted by atomic mass is 9.73. The number of hydrogen-bond donors (Lipinski definition) is 0. The van der Waals surface area contributed by atoms with E-state index in [9.17, 15) is 22.8 Å². The Morgan fingerprint density at radius 3 is 2.44 bits per heavy atom. The maximum atomic E-state index is 13.2. The molecule has 0 radical (unpaired) electrons. The zero-order valence-corrected chi connectivity index (χ0v) is 21.3. The van der Waals surface area contributed by atoms with Gasteiger partial charge >= 0.3 is 12.3 Å². The third-order valence-electron chi connectivity index (χ3n) is 6.99. The molecule has 1 amide bonds. The fraction of sp³-hybridized carbons (Fsp3) is 0.357. The summed E-state index contributed by atoms with van der Waals surface area (Å²) in [7, 11) is 1.24. The highest BCUT2D eigenvalue weighted by Gasteiger charge is 2.44. The number of halogens is 3. The highest BCUT2D eigenvalue weighted by atomic mass is 19.4. The first kappa shape index (κ1) is 27.7. The summed E-state index contributed by atoms with van der Waals surface area (Å²) in [5.41, 5.74) is 1.38. The molecule has 1 saturated heterocycles. The van der Waals surface area contributed by atoms with Crippen LogP contribution in [0.5, 0.6) is 5.75 Å². The van der Waals surface area contributed by atoms with Gasteiger partial charge in [-0.2, -0.15) is 5.26 Å². The van der Waals surface area contributed by atoms with E-state index in [1.807, 2.05) is 16.7 Å². The van der Waals surface area contributed by atoms with E-state index >= 15 is 0 Å². The lowest BCUT2D eigenvalue weighted by Crippen LogP contribution is -2.48. The van der Waals surface area contributed by atoms with Gasteiger partial charge in [-0.05, 0) is 48.6 Å². The summed E-state index contributed by atoms with van der Waals surface area (Å²) in [4.78, 5) is 31.8. The van der Waals surface area contributed by atoms with Gasteiger partial charge in [0.1, 0.15) is 5.75 Å². The normalized spacial score (nSPS) is 14.9. The summed E-state index contributed by atoms with van der Waals surface area (Å²) in [6.07, 6.45) is -1.04. The molecule has 2 heterocycles. The fourth-order valence-electron chi connectivity index (χ4n) is 4.88. The van der Waals surface area contributed by atoms with Crippen molar-refractivity contribution < 1.29 is 32.2 Å². The number of nitrogens with zero attached hydrogens (tertiary/aromatic N) is 4. The molecular weight excluding hydrogens is 513 g/mol. The Hall–Kier alpha value is -4.33. The van der Waals surface area contributed by atoms with Crippen LogP contribution < -0.4 is 4.74 Å². The number of carbonyl (C=O) groups excluding carboxylic acids is 2. The molecule has 3 aromatic rings. The fourth-order valence-corrected chi connectivity index (χ4v) is 4.88. The number of aromatic nitrogens is 2. The highest BCUT2D eigenvalue weighted by molar-refractivity contribution is 5.80. The number of piperidine rings is 1. The third-order valence-corrected chi connectivity index (χ3v) is 6.99. The first-order valence-corrected chi connectivity index (χ1v) is 12.3. The second kappa shape index (κ2) is 11.6. The topological polar surface area (TPSA) is 97.4 Å². The van der Waals surface area contributed by atoms with Crippen LogP contribution in [-0.2, 0) is 33.7 Å².